The molecule has 0 radical (unpaired) electrons. The normalized spacial score (nSPS) is 11.4. The van der Waals surface area contributed by atoms with E-state index in [1.807, 2.05) is 0 Å². The topological polar surface area (TPSA) is 102 Å². The van der Waals surface area contributed by atoms with Gasteiger partial charge in [-0.1, -0.05) is 17.7 Å². The number of esters is 1. The number of hydrazone groups is 1. The maximum absolute atomic E-state index is 12.9. The van der Waals surface area contributed by atoms with E-state index in [1.54, 1.807) is 30.5 Å². The number of carbonyl (C=O) groups excluding carboxylic acids is 2. The van der Waals surface area contributed by atoms with E-state index in [1.165, 1.54) is 18.3 Å². The minimum Gasteiger partial charge on any atom is -0.480 e. The summed E-state index contributed by atoms with van der Waals surface area (Å²) in [4.78, 5) is 27.7. The van der Waals surface area contributed by atoms with E-state index >= 15 is 0 Å². The Morgan fingerprint density at radius 2 is 2.03 bits per heavy atom. The van der Waals surface area contributed by atoms with Gasteiger partial charge in [0.15, 0.2) is 11.7 Å². The molecule has 0 aliphatic heterocycles. The van der Waals surface area contributed by atoms with Crippen molar-refractivity contribution in [2.45, 2.75) is 19.5 Å². The van der Waals surface area contributed by atoms with Crippen molar-refractivity contribution in [3.63, 3.8) is 0 Å². The van der Waals surface area contributed by atoms with E-state index in [0.29, 0.717) is 22.1 Å². The van der Waals surface area contributed by atoms with Crippen LogP contribution in [-0.4, -0.2) is 36.3 Å². The van der Waals surface area contributed by atoms with Gasteiger partial charge in [0.1, 0.15) is 5.75 Å². The van der Waals surface area contributed by atoms with Gasteiger partial charge in [-0.15, -0.1) is 11.3 Å². The van der Waals surface area contributed by atoms with Crippen molar-refractivity contribution in [1.29, 1.82) is 0 Å². The second kappa shape index (κ2) is 12.4. The quantitative estimate of drug-likeness (QED) is 0.208. The number of hydrogen-bond donors (Lipinski definition) is 2. The number of thiazole rings is 1. The lowest BCUT2D eigenvalue weighted by Crippen LogP contribution is -2.20. The van der Waals surface area contributed by atoms with Crippen LogP contribution in [0.5, 0.6) is 5.75 Å². The molecule has 0 spiro atoms. The fourth-order valence-electron chi connectivity index (χ4n) is 2.78. The monoisotopic (exact) mass is 540 g/mol. The number of nitrogens with one attached hydrogen (secondary N) is 2. The van der Waals surface area contributed by atoms with Crippen LogP contribution in [0.1, 0.15) is 23.7 Å². The van der Waals surface area contributed by atoms with Crippen molar-refractivity contribution < 1.29 is 32.2 Å². The van der Waals surface area contributed by atoms with Crippen molar-refractivity contribution >= 4 is 51.8 Å². The van der Waals surface area contributed by atoms with Gasteiger partial charge in [-0.3, -0.25) is 4.79 Å². The first-order valence-electron chi connectivity index (χ1n) is 10.4. The molecule has 0 fully saturated rings. The minimum atomic E-state index is -4.45. The fourth-order valence-corrected chi connectivity index (χ4v) is 3.75. The maximum atomic E-state index is 12.9. The smallest absolute Gasteiger partial charge is 0.416 e. The first kappa shape index (κ1) is 27.0. The van der Waals surface area contributed by atoms with E-state index in [4.69, 9.17) is 21.1 Å². The van der Waals surface area contributed by atoms with Crippen LogP contribution in [0.15, 0.2) is 52.9 Å². The number of alkyl halides is 3. The number of amides is 1. The number of benzene rings is 2. The highest BCUT2D eigenvalue weighted by Gasteiger charge is 2.30. The van der Waals surface area contributed by atoms with Gasteiger partial charge >= 0.3 is 12.1 Å². The third-order valence-corrected chi connectivity index (χ3v) is 5.45. The lowest BCUT2D eigenvalue weighted by atomic mass is 10.2. The molecule has 1 amide bonds. The zero-order valence-corrected chi connectivity index (χ0v) is 20.3. The van der Waals surface area contributed by atoms with Crippen molar-refractivity contribution in [3.8, 4) is 5.75 Å². The van der Waals surface area contributed by atoms with Crippen LogP contribution in [0.4, 0.5) is 24.0 Å². The fraction of sp³-hybridized carbons (Fsp3) is 0.217. The number of hydrogen-bond acceptors (Lipinski definition) is 8. The van der Waals surface area contributed by atoms with Crippen LogP contribution < -0.4 is 15.5 Å². The molecule has 0 atom stereocenters. The largest absolute Gasteiger partial charge is 0.480 e. The molecule has 1 heterocycles. The molecule has 0 saturated heterocycles. The van der Waals surface area contributed by atoms with Crippen LogP contribution in [0, 0.1) is 0 Å². The third-order valence-electron chi connectivity index (χ3n) is 4.34. The molecule has 1 aromatic heterocycles. The van der Waals surface area contributed by atoms with Crippen molar-refractivity contribution in [3.05, 3.63) is 69.7 Å². The van der Waals surface area contributed by atoms with Crippen molar-refractivity contribution in [2.24, 2.45) is 5.10 Å². The number of aromatic nitrogens is 1. The molecule has 8 nitrogen and oxygen atoms in total. The molecule has 36 heavy (non-hydrogen) atoms. The highest BCUT2D eigenvalue weighted by molar-refractivity contribution is 7.13. The first-order chi connectivity index (χ1) is 17.1. The number of carbonyl (C=O) groups is 2. The van der Waals surface area contributed by atoms with Gasteiger partial charge in [-0.2, -0.15) is 18.3 Å². The lowest BCUT2D eigenvalue weighted by Gasteiger charge is -2.08. The highest BCUT2D eigenvalue weighted by Crippen LogP contribution is 2.32. The molecule has 0 aliphatic carbocycles. The predicted octanol–water partition coefficient (Wildman–Crippen LogP) is 5.19. The zero-order chi connectivity index (χ0) is 26.1. The number of halogens is 4. The van der Waals surface area contributed by atoms with E-state index in [-0.39, 0.29) is 30.3 Å². The van der Waals surface area contributed by atoms with Gasteiger partial charge in [-0.25, -0.2) is 15.2 Å². The average Bonchev–Trinajstić information content (AvgIpc) is 3.24. The van der Waals surface area contributed by atoms with Crippen LogP contribution in [0.25, 0.3) is 0 Å². The maximum Gasteiger partial charge on any atom is 0.416 e. The van der Waals surface area contributed by atoms with Gasteiger partial charge in [-0.05, 0) is 48.9 Å². The Labute approximate surface area is 213 Å². The van der Waals surface area contributed by atoms with Crippen molar-refractivity contribution in [2.75, 3.05) is 18.5 Å². The van der Waals surface area contributed by atoms with Crippen LogP contribution in [0.3, 0.4) is 0 Å². The molecule has 0 aliphatic rings. The standard InChI is InChI=1S/C23H20ClF3N4O4S/c1-2-34-21(33)12-35-19-7-6-14(8-18(19)24)11-28-31-20(32)10-17-13-36-22(30-17)29-16-5-3-4-15(9-16)23(25,26)27/h3-9,11,13H,2,10,12H2,1H3,(H,29,30)(H,31,32)/b28-11-. The summed E-state index contributed by atoms with van der Waals surface area (Å²) in [6.45, 7) is 1.66. The molecular formula is C23H20ClF3N4O4S. The first-order valence-corrected chi connectivity index (χ1v) is 11.7. The second-order valence-corrected chi connectivity index (χ2v) is 8.37. The van der Waals surface area contributed by atoms with E-state index in [0.717, 1.165) is 23.5 Å². The number of nitrogens with zero attached hydrogens (tertiary/aromatic N) is 2. The molecule has 2 N–H and O–H groups in total. The van der Waals surface area contributed by atoms with Crippen LogP contribution in [0.2, 0.25) is 5.02 Å². The SMILES string of the molecule is CCOC(=O)COc1ccc(/C=N\NC(=O)Cc2csc(Nc3cccc(C(F)(F)F)c3)n2)cc1Cl. The number of anilines is 2. The molecule has 13 heteroatoms. The molecule has 0 bridgehead atoms. The Hall–Kier alpha value is -3.64. The van der Waals surface area contributed by atoms with Crippen LogP contribution >= 0.6 is 22.9 Å². The van der Waals surface area contributed by atoms with Gasteiger partial charge in [0.05, 0.1) is 35.5 Å². The Kier molecular flexibility index (Phi) is 9.25. The Morgan fingerprint density at radius 3 is 2.75 bits per heavy atom. The summed E-state index contributed by atoms with van der Waals surface area (Å²) in [5, 5.41) is 8.89. The molecule has 190 valence electrons. The summed E-state index contributed by atoms with van der Waals surface area (Å²) in [7, 11) is 0. The Balaban J connectivity index is 1.49. The number of ether oxygens (including phenoxy) is 2. The molecule has 3 rings (SSSR count). The predicted molar refractivity (Wildman–Crippen MR) is 130 cm³/mol. The Bertz CT molecular complexity index is 1250. The van der Waals surface area contributed by atoms with E-state index in [2.05, 4.69) is 20.8 Å². The summed E-state index contributed by atoms with van der Waals surface area (Å²) in [6.07, 6.45) is -3.16. The molecule has 3 aromatic rings. The summed E-state index contributed by atoms with van der Waals surface area (Å²) in [5.41, 5.74) is 2.82. The van der Waals surface area contributed by atoms with Gasteiger partial charge in [0, 0.05) is 11.1 Å². The van der Waals surface area contributed by atoms with E-state index in [9.17, 15) is 22.8 Å². The number of rotatable bonds is 10. The molecule has 2 aromatic carbocycles. The minimum absolute atomic E-state index is 0.0838. The molecule has 0 saturated carbocycles. The third kappa shape index (κ3) is 8.24. The molecular weight excluding hydrogens is 521 g/mol. The lowest BCUT2D eigenvalue weighted by molar-refractivity contribution is -0.145. The van der Waals surface area contributed by atoms with Crippen molar-refractivity contribution in [1.82, 2.24) is 10.4 Å². The van der Waals surface area contributed by atoms with Gasteiger partial charge in [0.2, 0.25) is 5.91 Å². The summed E-state index contributed by atoms with van der Waals surface area (Å²) in [5.74, 6) is -0.660. The van der Waals surface area contributed by atoms with Gasteiger partial charge in [0.25, 0.3) is 0 Å². The Morgan fingerprint density at radius 1 is 1.22 bits per heavy atom. The average molecular weight is 541 g/mol. The summed E-state index contributed by atoms with van der Waals surface area (Å²) < 4.78 is 48.6. The second-order valence-electron chi connectivity index (χ2n) is 7.10. The molecule has 0 unspecified atom stereocenters. The highest BCUT2D eigenvalue weighted by atomic mass is 35.5. The summed E-state index contributed by atoms with van der Waals surface area (Å²) >= 11 is 7.29. The van der Waals surface area contributed by atoms with Gasteiger partial charge < -0.3 is 14.8 Å². The van der Waals surface area contributed by atoms with E-state index < -0.39 is 23.6 Å². The zero-order valence-electron chi connectivity index (χ0n) is 18.8. The summed E-state index contributed by atoms with van der Waals surface area (Å²) in [6, 6.07) is 9.47. The van der Waals surface area contributed by atoms with Crippen LogP contribution in [-0.2, 0) is 26.9 Å².